The molecule has 1 aromatic rings. The first-order valence-corrected chi connectivity index (χ1v) is 10.2. The molecular formula is C21H27BrN2O2. The van der Waals surface area contributed by atoms with Crippen molar-refractivity contribution in [3.05, 3.63) is 47.0 Å². The third kappa shape index (κ3) is 4.03. The van der Waals surface area contributed by atoms with Gasteiger partial charge in [0.1, 0.15) is 0 Å². The number of carbonyl (C=O) groups is 2. The highest BCUT2D eigenvalue weighted by Gasteiger charge is 2.42. The molecule has 2 heterocycles. The zero-order valence-corrected chi connectivity index (χ0v) is 17.0. The molecule has 2 saturated heterocycles. The Bertz CT molecular complexity index is 697. The van der Waals surface area contributed by atoms with Crippen LogP contribution in [0.4, 0.5) is 0 Å². The summed E-state index contributed by atoms with van der Waals surface area (Å²) in [7, 11) is 0. The van der Waals surface area contributed by atoms with Crippen molar-refractivity contribution >= 4 is 27.7 Å². The predicted octanol–water partition coefficient (Wildman–Crippen LogP) is 3.80. The average Bonchev–Trinajstić information content (AvgIpc) is 3.01. The van der Waals surface area contributed by atoms with Crippen LogP contribution in [0.3, 0.4) is 0 Å². The molecule has 0 aliphatic carbocycles. The second-order valence-corrected chi connectivity index (χ2v) is 8.62. The van der Waals surface area contributed by atoms with E-state index in [0.717, 1.165) is 43.1 Å². The lowest BCUT2D eigenvalue weighted by atomic mass is 9.88. The summed E-state index contributed by atoms with van der Waals surface area (Å²) in [6.45, 7) is 7.91. The summed E-state index contributed by atoms with van der Waals surface area (Å²) in [6, 6.07) is 8.36. The summed E-state index contributed by atoms with van der Waals surface area (Å²) in [5.41, 5.74) is 1.14. The van der Waals surface area contributed by atoms with Gasteiger partial charge in [-0.05, 0) is 62.8 Å². The SMILES string of the molecule is C=CC(=O)N1CCC(C(=O)N2CCCC2(C)Cc2cccc(Br)c2)CC1. The normalized spacial score (nSPS) is 23.9. The molecule has 0 bridgehead atoms. The predicted molar refractivity (Wildman–Crippen MR) is 107 cm³/mol. The van der Waals surface area contributed by atoms with Gasteiger partial charge in [0, 0.05) is 35.6 Å². The van der Waals surface area contributed by atoms with Gasteiger partial charge in [-0.15, -0.1) is 0 Å². The van der Waals surface area contributed by atoms with Gasteiger partial charge >= 0.3 is 0 Å². The van der Waals surface area contributed by atoms with Gasteiger partial charge in [-0.3, -0.25) is 9.59 Å². The van der Waals surface area contributed by atoms with E-state index >= 15 is 0 Å². The van der Waals surface area contributed by atoms with Crippen molar-refractivity contribution in [1.29, 1.82) is 0 Å². The van der Waals surface area contributed by atoms with E-state index in [0.29, 0.717) is 13.1 Å². The Labute approximate surface area is 164 Å². The number of hydrogen-bond acceptors (Lipinski definition) is 2. The molecule has 0 N–H and O–H groups in total. The maximum atomic E-state index is 13.2. The van der Waals surface area contributed by atoms with Gasteiger partial charge in [-0.2, -0.15) is 0 Å². The standard InChI is InChI=1S/C21H27BrN2O2/c1-3-19(25)23-12-8-17(9-13-23)20(26)24-11-5-10-21(24,2)15-16-6-4-7-18(22)14-16/h3-4,6-7,14,17H,1,5,8-13,15H2,2H3. The van der Waals surface area contributed by atoms with Gasteiger partial charge in [0.25, 0.3) is 0 Å². The van der Waals surface area contributed by atoms with E-state index in [4.69, 9.17) is 0 Å². The fraction of sp³-hybridized carbons (Fsp3) is 0.524. The fourth-order valence-corrected chi connectivity index (χ4v) is 4.81. The Balaban J connectivity index is 1.66. The molecule has 2 aliphatic rings. The van der Waals surface area contributed by atoms with Crippen LogP contribution in [0.25, 0.3) is 0 Å². The van der Waals surface area contributed by atoms with Gasteiger partial charge in [-0.1, -0.05) is 34.6 Å². The average molecular weight is 419 g/mol. The monoisotopic (exact) mass is 418 g/mol. The minimum atomic E-state index is -0.119. The molecule has 1 aromatic carbocycles. The first-order chi connectivity index (χ1) is 12.4. The van der Waals surface area contributed by atoms with E-state index < -0.39 is 0 Å². The molecule has 5 heteroatoms. The largest absolute Gasteiger partial charge is 0.339 e. The van der Waals surface area contributed by atoms with Crippen molar-refractivity contribution in [1.82, 2.24) is 9.80 Å². The number of carbonyl (C=O) groups excluding carboxylic acids is 2. The van der Waals surface area contributed by atoms with Crippen LogP contribution in [0.2, 0.25) is 0 Å². The lowest BCUT2D eigenvalue weighted by Crippen LogP contribution is -2.51. The maximum Gasteiger partial charge on any atom is 0.245 e. The van der Waals surface area contributed by atoms with Gasteiger partial charge < -0.3 is 9.80 Å². The molecule has 0 radical (unpaired) electrons. The molecule has 26 heavy (non-hydrogen) atoms. The molecule has 1 atom stereocenters. The van der Waals surface area contributed by atoms with E-state index in [1.54, 1.807) is 4.90 Å². The lowest BCUT2D eigenvalue weighted by Gasteiger charge is -2.40. The minimum Gasteiger partial charge on any atom is -0.339 e. The first kappa shape index (κ1) is 19.2. The van der Waals surface area contributed by atoms with Crippen LogP contribution in [0.1, 0.15) is 38.2 Å². The number of benzene rings is 1. The molecule has 1 unspecified atom stereocenters. The summed E-state index contributed by atoms with van der Waals surface area (Å²) in [4.78, 5) is 28.9. The molecule has 3 rings (SSSR count). The summed E-state index contributed by atoms with van der Waals surface area (Å²) >= 11 is 3.54. The van der Waals surface area contributed by atoms with Gasteiger partial charge in [0.05, 0.1) is 0 Å². The van der Waals surface area contributed by atoms with E-state index in [2.05, 4.69) is 52.5 Å². The highest BCUT2D eigenvalue weighted by Crippen LogP contribution is 2.35. The Morgan fingerprint density at radius 3 is 2.69 bits per heavy atom. The van der Waals surface area contributed by atoms with Crippen molar-refractivity contribution in [3.8, 4) is 0 Å². The van der Waals surface area contributed by atoms with Gasteiger partial charge in [0.2, 0.25) is 11.8 Å². The number of rotatable bonds is 4. The third-order valence-corrected chi connectivity index (χ3v) is 6.31. The van der Waals surface area contributed by atoms with Crippen molar-refractivity contribution in [2.24, 2.45) is 5.92 Å². The van der Waals surface area contributed by atoms with Gasteiger partial charge in [0.15, 0.2) is 0 Å². The number of nitrogens with zero attached hydrogens (tertiary/aromatic N) is 2. The van der Waals surface area contributed by atoms with Crippen molar-refractivity contribution in [2.75, 3.05) is 19.6 Å². The molecule has 0 spiro atoms. The Morgan fingerprint density at radius 1 is 1.31 bits per heavy atom. The number of halogens is 1. The molecule has 4 nitrogen and oxygen atoms in total. The van der Waals surface area contributed by atoms with Crippen LogP contribution in [-0.2, 0) is 16.0 Å². The molecule has 0 aromatic heterocycles. The third-order valence-electron chi connectivity index (χ3n) is 5.82. The number of hydrogen-bond donors (Lipinski definition) is 0. The van der Waals surface area contributed by atoms with Crippen LogP contribution >= 0.6 is 15.9 Å². The van der Waals surface area contributed by atoms with Gasteiger partial charge in [-0.25, -0.2) is 0 Å². The maximum absolute atomic E-state index is 13.2. The fourth-order valence-electron chi connectivity index (χ4n) is 4.37. The quantitative estimate of drug-likeness (QED) is 0.697. The molecule has 2 aliphatic heterocycles. The van der Waals surface area contributed by atoms with E-state index in [1.165, 1.54) is 11.6 Å². The van der Waals surface area contributed by atoms with Crippen LogP contribution in [0.15, 0.2) is 41.4 Å². The second kappa shape index (κ2) is 7.95. The summed E-state index contributed by atoms with van der Waals surface area (Å²) in [5, 5.41) is 0. The van der Waals surface area contributed by atoms with E-state index in [1.807, 2.05) is 6.07 Å². The summed E-state index contributed by atoms with van der Waals surface area (Å²) in [5.74, 6) is 0.270. The molecule has 2 amide bonds. The molecular weight excluding hydrogens is 392 g/mol. The van der Waals surface area contributed by atoms with Crippen LogP contribution in [-0.4, -0.2) is 46.8 Å². The van der Waals surface area contributed by atoms with E-state index in [-0.39, 0.29) is 23.3 Å². The number of piperidine rings is 1. The van der Waals surface area contributed by atoms with E-state index in [9.17, 15) is 9.59 Å². The number of amides is 2. The second-order valence-electron chi connectivity index (χ2n) is 7.70. The smallest absolute Gasteiger partial charge is 0.245 e. The van der Waals surface area contributed by atoms with Crippen molar-refractivity contribution in [3.63, 3.8) is 0 Å². The summed E-state index contributed by atoms with van der Waals surface area (Å²) in [6.07, 6.45) is 5.84. The first-order valence-electron chi connectivity index (χ1n) is 9.40. The Kier molecular flexibility index (Phi) is 5.86. The Hall–Kier alpha value is -1.62. The minimum absolute atomic E-state index is 0.0310. The topological polar surface area (TPSA) is 40.6 Å². The zero-order valence-electron chi connectivity index (χ0n) is 15.4. The van der Waals surface area contributed by atoms with Crippen molar-refractivity contribution < 1.29 is 9.59 Å². The lowest BCUT2D eigenvalue weighted by molar-refractivity contribution is -0.142. The Morgan fingerprint density at radius 2 is 2.04 bits per heavy atom. The van der Waals surface area contributed by atoms with Crippen LogP contribution < -0.4 is 0 Å². The van der Waals surface area contributed by atoms with Crippen LogP contribution in [0.5, 0.6) is 0 Å². The summed E-state index contributed by atoms with van der Waals surface area (Å²) < 4.78 is 1.08. The molecule has 0 saturated carbocycles. The number of likely N-dealkylation sites (tertiary alicyclic amines) is 2. The highest BCUT2D eigenvalue weighted by atomic mass is 79.9. The highest BCUT2D eigenvalue weighted by molar-refractivity contribution is 9.10. The molecule has 140 valence electrons. The van der Waals surface area contributed by atoms with Crippen LogP contribution in [0, 0.1) is 5.92 Å². The zero-order chi connectivity index (χ0) is 18.7. The van der Waals surface area contributed by atoms with Crippen molar-refractivity contribution in [2.45, 2.75) is 44.6 Å². The molecule has 2 fully saturated rings.